The lowest BCUT2D eigenvalue weighted by molar-refractivity contribution is -0.137. The summed E-state index contributed by atoms with van der Waals surface area (Å²) in [6.45, 7) is 3.13. The summed E-state index contributed by atoms with van der Waals surface area (Å²) in [5.41, 5.74) is 0.493. The number of alkyl halides is 3. The topological polar surface area (TPSA) is 49.3 Å². The minimum Gasteiger partial charge on any atom is -0.352 e. The first-order valence-electron chi connectivity index (χ1n) is 9.47. The van der Waals surface area contributed by atoms with E-state index < -0.39 is 17.6 Å². The molecule has 1 aliphatic heterocycles. The monoisotopic (exact) mass is 452 g/mol. The van der Waals surface area contributed by atoms with E-state index in [9.17, 15) is 22.4 Å². The number of aromatic nitrogens is 2. The van der Waals surface area contributed by atoms with E-state index in [0.29, 0.717) is 48.3 Å². The van der Waals surface area contributed by atoms with Crippen LogP contribution in [0.2, 0.25) is 5.02 Å². The molecule has 0 N–H and O–H groups in total. The van der Waals surface area contributed by atoms with Crippen molar-refractivity contribution in [2.45, 2.75) is 13.1 Å². The van der Waals surface area contributed by atoms with Gasteiger partial charge >= 0.3 is 6.18 Å². The number of nitrogens with zero attached hydrogens (tertiary/aromatic N) is 4. The molecule has 5 nitrogen and oxygen atoms in total. The second kappa shape index (κ2) is 7.96. The molecule has 4 rings (SSSR count). The van der Waals surface area contributed by atoms with E-state index in [4.69, 9.17) is 11.6 Å². The molecule has 1 saturated heterocycles. The first-order valence-corrected chi connectivity index (χ1v) is 9.85. The van der Waals surface area contributed by atoms with Gasteiger partial charge in [-0.1, -0.05) is 11.6 Å². The van der Waals surface area contributed by atoms with Crippen molar-refractivity contribution in [1.29, 1.82) is 0 Å². The van der Waals surface area contributed by atoms with Gasteiger partial charge in [0.2, 0.25) is 0 Å². The van der Waals surface area contributed by atoms with E-state index in [1.54, 1.807) is 28.9 Å². The fraction of sp³-hybridized carbons (Fsp3) is 0.286. The maximum absolute atomic E-state index is 13.4. The minimum absolute atomic E-state index is 0.0867. The van der Waals surface area contributed by atoms with Crippen molar-refractivity contribution < 1.29 is 22.4 Å². The summed E-state index contributed by atoms with van der Waals surface area (Å²) in [7, 11) is 0. The number of pyridine rings is 2. The first kappa shape index (κ1) is 21.3. The van der Waals surface area contributed by atoms with Crippen LogP contribution in [0, 0.1) is 12.7 Å². The van der Waals surface area contributed by atoms with Crippen LogP contribution in [-0.4, -0.2) is 47.0 Å². The lowest BCUT2D eigenvalue weighted by Crippen LogP contribution is -2.49. The van der Waals surface area contributed by atoms with Gasteiger partial charge in [-0.25, -0.2) is 9.37 Å². The van der Waals surface area contributed by atoms with Crippen molar-refractivity contribution in [1.82, 2.24) is 14.9 Å². The number of amides is 1. The molecule has 1 aromatic carbocycles. The molecule has 1 fully saturated rings. The van der Waals surface area contributed by atoms with Crippen molar-refractivity contribution in [2.24, 2.45) is 0 Å². The van der Waals surface area contributed by atoms with Gasteiger partial charge in [-0.2, -0.15) is 13.2 Å². The third-order valence-electron chi connectivity index (χ3n) is 5.22. The fourth-order valence-corrected chi connectivity index (χ4v) is 3.85. The van der Waals surface area contributed by atoms with Crippen LogP contribution < -0.4 is 4.90 Å². The number of carbonyl (C=O) groups is 1. The lowest BCUT2D eigenvalue weighted by Gasteiger charge is -2.36. The molecule has 0 aliphatic carbocycles. The minimum atomic E-state index is -4.52. The third-order valence-corrected chi connectivity index (χ3v) is 5.49. The molecular formula is C21H17ClF4N4O. The van der Waals surface area contributed by atoms with Crippen LogP contribution >= 0.6 is 11.6 Å². The maximum atomic E-state index is 13.4. The Bertz CT molecular complexity index is 1160. The molecule has 3 aromatic rings. The zero-order valence-electron chi connectivity index (χ0n) is 16.4. The summed E-state index contributed by atoms with van der Waals surface area (Å²) in [5, 5.41) is 0.575. The molecule has 0 spiro atoms. The van der Waals surface area contributed by atoms with Gasteiger partial charge in [0.15, 0.2) is 0 Å². The largest absolute Gasteiger partial charge is 0.417 e. The first-order chi connectivity index (χ1) is 14.6. The van der Waals surface area contributed by atoms with Crippen molar-refractivity contribution in [3.8, 4) is 0 Å². The molecule has 0 bridgehead atoms. The van der Waals surface area contributed by atoms with Gasteiger partial charge in [-0.15, -0.1) is 0 Å². The molecule has 1 aliphatic rings. The van der Waals surface area contributed by atoms with Crippen molar-refractivity contribution in [2.75, 3.05) is 31.1 Å². The number of anilines is 1. The normalized spacial score (nSPS) is 14.9. The Kier molecular flexibility index (Phi) is 5.47. The summed E-state index contributed by atoms with van der Waals surface area (Å²) >= 11 is 6.03. The number of hydrogen-bond donors (Lipinski definition) is 0. The highest BCUT2D eigenvalue weighted by Gasteiger charge is 2.32. The molecule has 3 heterocycles. The highest BCUT2D eigenvalue weighted by Crippen LogP contribution is 2.33. The summed E-state index contributed by atoms with van der Waals surface area (Å²) in [4.78, 5) is 24.6. The van der Waals surface area contributed by atoms with Gasteiger partial charge in [0.25, 0.3) is 5.91 Å². The van der Waals surface area contributed by atoms with Crippen LogP contribution in [-0.2, 0) is 6.18 Å². The Morgan fingerprint density at radius 1 is 1.10 bits per heavy atom. The number of fused-ring (bicyclic) bond motifs is 1. The summed E-state index contributed by atoms with van der Waals surface area (Å²) < 4.78 is 51.9. The standard InChI is InChI=1S/C21H17ClF4N4O/c1-12-16(8-13-2-3-15(23)10-18(13)28-12)20(31)30-6-4-29(5-7-30)19-17(22)9-14(11-27-19)21(24,25)26/h2-3,8-11H,4-7H2,1H3. The van der Waals surface area contributed by atoms with Crippen molar-refractivity contribution in [3.63, 3.8) is 0 Å². The predicted octanol–water partition coefficient (Wildman–Crippen LogP) is 4.71. The van der Waals surface area contributed by atoms with Crippen LogP contribution in [0.25, 0.3) is 10.9 Å². The molecular weight excluding hydrogens is 436 g/mol. The third kappa shape index (κ3) is 4.27. The lowest BCUT2D eigenvalue weighted by atomic mass is 10.1. The molecule has 2 aromatic heterocycles. The molecule has 162 valence electrons. The van der Waals surface area contributed by atoms with Crippen LogP contribution in [0.1, 0.15) is 21.6 Å². The number of aryl methyl sites for hydroxylation is 1. The zero-order chi connectivity index (χ0) is 22.3. The molecule has 10 heteroatoms. The van der Waals surface area contributed by atoms with Gasteiger partial charge in [0.05, 0.1) is 27.4 Å². The van der Waals surface area contributed by atoms with E-state index >= 15 is 0 Å². The number of rotatable bonds is 2. The molecule has 1 amide bonds. The van der Waals surface area contributed by atoms with E-state index in [-0.39, 0.29) is 16.7 Å². The molecule has 0 radical (unpaired) electrons. The Labute approximate surface area is 180 Å². The SMILES string of the molecule is Cc1nc2cc(F)ccc2cc1C(=O)N1CCN(c2ncc(C(F)(F)F)cc2Cl)CC1. The average Bonchev–Trinajstić information content (AvgIpc) is 2.72. The van der Waals surface area contributed by atoms with Crippen molar-refractivity contribution >= 4 is 34.2 Å². The Balaban J connectivity index is 1.49. The van der Waals surface area contributed by atoms with Crippen molar-refractivity contribution in [3.05, 3.63) is 64.2 Å². The van der Waals surface area contributed by atoms with Gasteiger partial charge < -0.3 is 9.80 Å². The average molecular weight is 453 g/mol. The predicted molar refractivity (Wildman–Crippen MR) is 109 cm³/mol. The van der Waals surface area contributed by atoms with E-state index in [1.807, 2.05) is 0 Å². The van der Waals surface area contributed by atoms with E-state index in [0.717, 1.165) is 12.3 Å². The van der Waals surface area contributed by atoms with Crippen LogP contribution in [0.15, 0.2) is 36.5 Å². The summed E-state index contributed by atoms with van der Waals surface area (Å²) in [6.07, 6.45) is -3.76. The Morgan fingerprint density at radius 2 is 1.81 bits per heavy atom. The number of halogens is 5. The van der Waals surface area contributed by atoms with Crippen LogP contribution in [0.5, 0.6) is 0 Å². The fourth-order valence-electron chi connectivity index (χ4n) is 3.56. The Morgan fingerprint density at radius 3 is 2.45 bits per heavy atom. The van der Waals surface area contributed by atoms with E-state index in [2.05, 4.69) is 9.97 Å². The smallest absolute Gasteiger partial charge is 0.352 e. The second-order valence-corrected chi connectivity index (χ2v) is 7.67. The summed E-state index contributed by atoms with van der Waals surface area (Å²) in [5.74, 6) is -0.347. The van der Waals surface area contributed by atoms with Gasteiger partial charge in [-0.3, -0.25) is 9.78 Å². The molecule has 0 unspecified atom stereocenters. The highest BCUT2D eigenvalue weighted by molar-refractivity contribution is 6.33. The van der Waals surface area contributed by atoms with Crippen LogP contribution in [0.3, 0.4) is 0 Å². The number of piperazine rings is 1. The number of benzene rings is 1. The molecule has 0 saturated carbocycles. The van der Waals surface area contributed by atoms with Gasteiger partial charge in [0.1, 0.15) is 11.6 Å². The second-order valence-electron chi connectivity index (χ2n) is 7.26. The highest BCUT2D eigenvalue weighted by atomic mass is 35.5. The van der Waals surface area contributed by atoms with Gasteiger partial charge in [0, 0.05) is 43.8 Å². The quantitative estimate of drug-likeness (QED) is 0.528. The number of hydrogen-bond acceptors (Lipinski definition) is 4. The molecule has 31 heavy (non-hydrogen) atoms. The number of carbonyl (C=O) groups excluding carboxylic acids is 1. The van der Waals surface area contributed by atoms with E-state index in [1.165, 1.54) is 12.1 Å². The van der Waals surface area contributed by atoms with Gasteiger partial charge in [-0.05, 0) is 31.2 Å². The van der Waals surface area contributed by atoms with Crippen LogP contribution in [0.4, 0.5) is 23.4 Å². The zero-order valence-corrected chi connectivity index (χ0v) is 17.1. The Hall–Kier alpha value is -2.94. The maximum Gasteiger partial charge on any atom is 0.417 e. The molecule has 0 atom stereocenters. The summed E-state index contributed by atoms with van der Waals surface area (Å²) in [6, 6.07) is 6.75.